The molecule has 4 aromatic rings. The van der Waals surface area contributed by atoms with Crippen LogP contribution < -0.4 is 0 Å². The van der Waals surface area contributed by atoms with Crippen LogP contribution in [0.15, 0.2) is 64.1 Å². The van der Waals surface area contributed by atoms with E-state index in [1.807, 2.05) is 44.2 Å². The number of hydrogen-bond donors (Lipinski definition) is 0. The fourth-order valence-corrected chi connectivity index (χ4v) is 3.43. The van der Waals surface area contributed by atoms with Crippen molar-refractivity contribution < 1.29 is 8.91 Å². The van der Waals surface area contributed by atoms with Gasteiger partial charge in [-0.15, -0.1) is 0 Å². The lowest BCUT2D eigenvalue weighted by molar-refractivity contribution is 0.391. The highest BCUT2D eigenvalue weighted by Gasteiger charge is 2.11. The second-order valence-corrected chi connectivity index (χ2v) is 7.34. The van der Waals surface area contributed by atoms with E-state index in [0.717, 1.165) is 16.3 Å². The standard InChI is InChI=1S/C21H17FN4OS/c1-13-6-8-15(9-7-13)20-23-14(2)10-19(25-20)28-12-18-24-21(26-27-18)16-4-3-5-17(22)11-16/h3-11H,12H2,1-2H3. The molecular weight excluding hydrogens is 375 g/mol. The van der Waals surface area contributed by atoms with Crippen molar-refractivity contribution in [3.8, 4) is 22.8 Å². The summed E-state index contributed by atoms with van der Waals surface area (Å²) < 4.78 is 18.7. The quantitative estimate of drug-likeness (QED) is 0.342. The zero-order valence-electron chi connectivity index (χ0n) is 15.4. The molecule has 5 nitrogen and oxygen atoms in total. The normalized spacial score (nSPS) is 11.0. The van der Waals surface area contributed by atoms with Gasteiger partial charge in [-0.05, 0) is 32.0 Å². The Morgan fingerprint density at radius 3 is 2.50 bits per heavy atom. The Morgan fingerprint density at radius 1 is 0.893 bits per heavy atom. The van der Waals surface area contributed by atoms with Crippen LogP contribution in [0.1, 0.15) is 17.1 Å². The highest BCUT2D eigenvalue weighted by atomic mass is 32.2. The lowest BCUT2D eigenvalue weighted by atomic mass is 10.1. The van der Waals surface area contributed by atoms with Gasteiger partial charge in [-0.3, -0.25) is 0 Å². The van der Waals surface area contributed by atoms with Crippen LogP contribution in [0, 0.1) is 19.7 Å². The second-order valence-electron chi connectivity index (χ2n) is 6.35. The molecule has 0 N–H and O–H groups in total. The van der Waals surface area contributed by atoms with Gasteiger partial charge in [0, 0.05) is 16.8 Å². The van der Waals surface area contributed by atoms with E-state index in [1.165, 1.54) is 29.5 Å². The smallest absolute Gasteiger partial charge is 0.237 e. The van der Waals surface area contributed by atoms with Crippen molar-refractivity contribution in [2.75, 3.05) is 0 Å². The Bertz CT molecular complexity index is 1110. The highest BCUT2D eigenvalue weighted by molar-refractivity contribution is 7.98. The Kier molecular flexibility index (Phi) is 5.16. The number of rotatable bonds is 5. The third-order valence-corrected chi connectivity index (χ3v) is 4.93. The molecule has 28 heavy (non-hydrogen) atoms. The minimum atomic E-state index is -0.335. The molecule has 0 amide bonds. The molecule has 0 atom stereocenters. The summed E-state index contributed by atoms with van der Waals surface area (Å²) in [7, 11) is 0. The minimum absolute atomic E-state index is 0.335. The first-order valence-corrected chi connectivity index (χ1v) is 9.69. The summed E-state index contributed by atoms with van der Waals surface area (Å²) in [5.41, 5.74) is 3.64. The van der Waals surface area contributed by atoms with E-state index in [2.05, 4.69) is 20.1 Å². The molecule has 2 heterocycles. The van der Waals surface area contributed by atoms with Crippen molar-refractivity contribution in [3.63, 3.8) is 0 Å². The first-order valence-electron chi connectivity index (χ1n) is 8.71. The summed E-state index contributed by atoms with van der Waals surface area (Å²) in [4.78, 5) is 13.5. The molecule has 0 radical (unpaired) electrons. The Morgan fingerprint density at radius 2 is 1.71 bits per heavy atom. The fraction of sp³-hybridized carbons (Fsp3) is 0.143. The molecule has 0 aliphatic heterocycles. The van der Waals surface area contributed by atoms with Gasteiger partial charge in [0.05, 0.1) is 5.75 Å². The largest absolute Gasteiger partial charge is 0.338 e. The number of hydrogen-bond acceptors (Lipinski definition) is 6. The van der Waals surface area contributed by atoms with Crippen molar-refractivity contribution in [2.45, 2.75) is 24.6 Å². The molecular formula is C21H17FN4OS. The van der Waals surface area contributed by atoms with Crippen molar-refractivity contribution in [1.82, 2.24) is 20.1 Å². The summed E-state index contributed by atoms with van der Waals surface area (Å²) in [6, 6.07) is 16.2. The second kappa shape index (κ2) is 7.90. The van der Waals surface area contributed by atoms with E-state index in [-0.39, 0.29) is 5.82 Å². The number of aryl methyl sites for hydroxylation is 2. The maximum Gasteiger partial charge on any atom is 0.237 e. The van der Waals surface area contributed by atoms with Crippen molar-refractivity contribution in [1.29, 1.82) is 0 Å². The van der Waals surface area contributed by atoms with E-state index in [1.54, 1.807) is 12.1 Å². The summed E-state index contributed by atoms with van der Waals surface area (Å²) in [5.74, 6) is 1.64. The van der Waals surface area contributed by atoms with Gasteiger partial charge in [0.1, 0.15) is 10.8 Å². The van der Waals surface area contributed by atoms with Crippen LogP contribution in [0.2, 0.25) is 0 Å². The SMILES string of the molecule is Cc1ccc(-c2nc(C)cc(SCc3nc(-c4cccc(F)c4)no3)n2)cc1. The predicted octanol–water partition coefficient (Wildman–Crippen LogP) is 5.24. The van der Waals surface area contributed by atoms with E-state index in [9.17, 15) is 4.39 Å². The van der Waals surface area contributed by atoms with Gasteiger partial charge in [0.15, 0.2) is 5.82 Å². The van der Waals surface area contributed by atoms with Gasteiger partial charge in [-0.25, -0.2) is 14.4 Å². The summed E-state index contributed by atoms with van der Waals surface area (Å²) in [6.45, 7) is 3.99. The van der Waals surface area contributed by atoms with Crippen molar-refractivity contribution in [2.24, 2.45) is 0 Å². The van der Waals surface area contributed by atoms with Crippen LogP contribution in [0.3, 0.4) is 0 Å². The number of thioether (sulfide) groups is 1. The van der Waals surface area contributed by atoms with E-state index < -0.39 is 0 Å². The van der Waals surface area contributed by atoms with Crippen LogP contribution in [-0.2, 0) is 5.75 Å². The van der Waals surface area contributed by atoms with Crippen LogP contribution in [0.25, 0.3) is 22.8 Å². The summed E-state index contributed by atoms with van der Waals surface area (Å²) in [5, 5.41) is 4.76. The first-order chi connectivity index (χ1) is 13.6. The molecule has 0 saturated carbocycles. The molecule has 0 aliphatic rings. The molecule has 140 valence electrons. The molecule has 2 aromatic heterocycles. The van der Waals surface area contributed by atoms with E-state index in [0.29, 0.717) is 28.9 Å². The first kappa shape index (κ1) is 18.3. The maximum absolute atomic E-state index is 13.4. The topological polar surface area (TPSA) is 64.7 Å². The number of nitrogens with zero attached hydrogens (tertiary/aromatic N) is 4. The van der Waals surface area contributed by atoms with Gasteiger partial charge >= 0.3 is 0 Å². The number of aromatic nitrogens is 4. The van der Waals surface area contributed by atoms with Crippen molar-refractivity contribution >= 4 is 11.8 Å². The van der Waals surface area contributed by atoms with Gasteiger partial charge in [-0.1, -0.05) is 58.9 Å². The third kappa shape index (κ3) is 4.26. The van der Waals surface area contributed by atoms with Gasteiger partial charge in [0.2, 0.25) is 11.7 Å². The maximum atomic E-state index is 13.4. The molecule has 0 unspecified atom stereocenters. The Labute approximate surface area is 166 Å². The molecule has 0 saturated heterocycles. The zero-order chi connectivity index (χ0) is 19.5. The highest BCUT2D eigenvalue weighted by Crippen LogP contribution is 2.25. The van der Waals surface area contributed by atoms with Crippen LogP contribution in [0.5, 0.6) is 0 Å². The van der Waals surface area contributed by atoms with Gasteiger partial charge < -0.3 is 4.52 Å². The fourth-order valence-electron chi connectivity index (χ4n) is 2.64. The zero-order valence-corrected chi connectivity index (χ0v) is 16.2. The molecule has 0 spiro atoms. The molecule has 0 fully saturated rings. The van der Waals surface area contributed by atoms with E-state index in [4.69, 9.17) is 4.52 Å². The third-order valence-electron chi connectivity index (χ3n) is 4.03. The lowest BCUT2D eigenvalue weighted by Gasteiger charge is -2.05. The van der Waals surface area contributed by atoms with E-state index >= 15 is 0 Å². The van der Waals surface area contributed by atoms with Crippen LogP contribution >= 0.6 is 11.8 Å². The van der Waals surface area contributed by atoms with Gasteiger partial charge in [-0.2, -0.15) is 4.98 Å². The predicted molar refractivity (Wildman–Crippen MR) is 106 cm³/mol. The van der Waals surface area contributed by atoms with Crippen LogP contribution in [0.4, 0.5) is 4.39 Å². The van der Waals surface area contributed by atoms with Crippen molar-refractivity contribution in [3.05, 3.63) is 77.6 Å². The minimum Gasteiger partial charge on any atom is -0.338 e. The lowest BCUT2D eigenvalue weighted by Crippen LogP contribution is -1.94. The monoisotopic (exact) mass is 392 g/mol. The summed E-state index contributed by atoms with van der Waals surface area (Å²) >= 11 is 1.49. The number of halogens is 1. The Balaban J connectivity index is 1.50. The van der Waals surface area contributed by atoms with Crippen LogP contribution in [-0.4, -0.2) is 20.1 Å². The molecule has 7 heteroatoms. The average molecular weight is 392 g/mol. The Hall–Kier alpha value is -3.06. The molecule has 2 aromatic carbocycles. The molecule has 0 aliphatic carbocycles. The average Bonchev–Trinajstić information content (AvgIpc) is 3.16. The molecule has 0 bridgehead atoms. The molecule has 4 rings (SSSR count). The summed E-state index contributed by atoms with van der Waals surface area (Å²) in [6.07, 6.45) is 0. The number of benzene rings is 2. The van der Waals surface area contributed by atoms with Gasteiger partial charge in [0.25, 0.3) is 0 Å².